The molecule has 0 bridgehead atoms. The van der Waals surface area contributed by atoms with Crippen LogP contribution in [-0.4, -0.2) is 23.9 Å². The van der Waals surface area contributed by atoms with E-state index in [-0.39, 0.29) is 5.60 Å². The Morgan fingerprint density at radius 2 is 1.64 bits per heavy atom. The molecule has 2 heteroatoms. The Bertz CT molecular complexity index is 177. The van der Waals surface area contributed by atoms with Crippen molar-refractivity contribution >= 4 is 0 Å². The second-order valence-electron chi connectivity index (χ2n) is 5.17. The van der Waals surface area contributed by atoms with Crippen LogP contribution < -0.4 is 0 Å². The first-order chi connectivity index (χ1) is 6.71. The van der Waals surface area contributed by atoms with E-state index in [1.807, 2.05) is 0 Å². The van der Waals surface area contributed by atoms with Gasteiger partial charge < -0.3 is 9.84 Å². The highest BCUT2D eigenvalue weighted by molar-refractivity contribution is 4.91. The van der Waals surface area contributed by atoms with Crippen LogP contribution in [0.25, 0.3) is 0 Å². The van der Waals surface area contributed by atoms with Crippen LogP contribution in [-0.2, 0) is 4.74 Å². The Balaban J connectivity index is 1.93. The van der Waals surface area contributed by atoms with Gasteiger partial charge in [-0.3, -0.25) is 0 Å². The number of rotatable bonds is 1. The van der Waals surface area contributed by atoms with Gasteiger partial charge in [0.15, 0.2) is 0 Å². The number of hydrogen-bond donors (Lipinski definition) is 1. The number of aliphatic hydroxyl groups is 1. The zero-order valence-corrected chi connectivity index (χ0v) is 9.17. The molecule has 14 heavy (non-hydrogen) atoms. The Labute approximate surface area is 86.6 Å². The maximum Gasteiger partial charge on any atom is 0.0677 e. The van der Waals surface area contributed by atoms with E-state index in [9.17, 15) is 5.11 Å². The van der Waals surface area contributed by atoms with Gasteiger partial charge in [-0.15, -0.1) is 0 Å². The van der Waals surface area contributed by atoms with Gasteiger partial charge in [-0.25, -0.2) is 0 Å². The van der Waals surface area contributed by atoms with Gasteiger partial charge in [-0.2, -0.15) is 0 Å². The van der Waals surface area contributed by atoms with Crippen molar-refractivity contribution in [3.63, 3.8) is 0 Å². The molecule has 0 aromatic carbocycles. The first-order valence-electron chi connectivity index (χ1n) is 6.01. The molecular weight excluding hydrogens is 176 g/mol. The average Bonchev–Trinajstić information content (AvgIpc) is 2.24. The molecule has 0 aromatic heterocycles. The minimum atomic E-state index is -0.351. The molecule has 1 saturated carbocycles. The second kappa shape index (κ2) is 4.19. The third kappa shape index (κ3) is 2.12. The highest BCUT2D eigenvalue weighted by Crippen LogP contribution is 2.40. The largest absolute Gasteiger partial charge is 0.390 e. The lowest BCUT2D eigenvalue weighted by atomic mass is 9.70. The summed E-state index contributed by atoms with van der Waals surface area (Å²) in [5, 5.41) is 10.6. The van der Waals surface area contributed by atoms with Crippen molar-refractivity contribution < 1.29 is 9.84 Å². The second-order valence-corrected chi connectivity index (χ2v) is 5.17. The van der Waals surface area contributed by atoms with Crippen molar-refractivity contribution in [1.82, 2.24) is 0 Å². The van der Waals surface area contributed by atoms with Crippen molar-refractivity contribution in [1.29, 1.82) is 0 Å². The van der Waals surface area contributed by atoms with Gasteiger partial charge >= 0.3 is 0 Å². The molecule has 1 heterocycles. The molecule has 0 spiro atoms. The van der Waals surface area contributed by atoms with E-state index in [1.165, 1.54) is 12.8 Å². The molecule has 2 rings (SSSR count). The summed E-state index contributed by atoms with van der Waals surface area (Å²) < 4.78 is 5.35. The fourth-order valence-corrected chi connectivity index (χ4v) is 2.91. The van der Waals surface area contributed by atoms with E-state index >= 15 is 0 Å². The van der Waals surface area contributed by atoms with E-state index < -0.39 is 0 Å². The summed E-state index contributed by atoms with van der Waals surface area (Å²) in [4.78, 5) is 0. The first kappa shape index (κ1) is 10.4. The molecule has 2 fully saturated rings. The van der Waals surface area contributed by atoms with Gasteiger partial charge in [-0.1, -0.05) is 6.92 Å². The van der Waals surface area contributed by atoms with Crippen molar-refractivity contribution in [2.24, 2.45) is 11.8 Å². The van der Waals surface area contributed by atoms with Crippen LogP contribution in [0.5, 0.6) is 0 Å². The van der Waals surface area contributed by atoms with E-state index in [0.717, 1.165) is 44.8 Å². The molecule has 1 saturated heterocycles. The van der Waals surface area contributed by atoms with Crippen LogP contribution in [0, 0.1) is 11.8 Å². The topological polar surface area (TPSA) is 29.5 Å². The van der Waals surface area contributed by atoms with E-state index in [4.69, 9.17) is 4.74 Å². The van der Waals surface area contributed by atoms with Crippen molar-refractivity contribution in [2.75, 3.05) is 13.2 Å². The smallest absolute Gasteiger partial charge is 0.0677 e. The summed E-state index contributed by atoms with van der Waals surface area (Å²) in [5.74, 6) is 1.32. The molecule has 2 nitrogen and oxygen atoms in total. The molecule has 2 aliphatic rings. The zero-order valence-electron chi connectivity index (χ0n) is 9.17. The SMILES string of the molecule is CC1CCC(O)(C2CCOCC2)CC1. The van der Waals surface area contributed by atoms with E-state index in [2.05, 4.69) is 6.92 Å². The zero-order chi connectivity index (χ0) is 10.0. The van der Waals surface area contributed by atoms with Gasteiger partial charge in [0.1, 0.15) is 0 Å². The van der Waals surface area contributed by atoms with Gasteiger partial charge in [0, 0.05) is 13.2 Å². The van der Waals surface area contributed by atoms with Crippen LogP contribution in [0.1, 0.15) is 45.4 Å². The summed E-state index contributed by atoms with van der Waals surface area (Å²) in [7, 11) is 0. The fourth-order valence-electron chi connectivity index (χ4n) is 2.91. The monoisotopic (exact) mass is 198 g/mol. The summed E-state index contributed by atoms with van der Waals surface area (Å²) in [6, 6.07) is 0. The predicted molar refractivity (Wildman–Crippen MR) is 56.1 cm³/mol. The third-order valence-corrected chi connectivity index (χ3v) is 4.12. The lowest BCUT2D eigenvalue weighted by Crippen LogP contribution is -2.43. The lowest BCUT2D eigenvalue weighted by Gasteiger charge is -2.42. The molecule has 82 valence electrons. The first-order valence-corrected chi connectivity index (χ1v) is 6.01. The molecule has 0 atom stereocenters. The maximum absolute atomic E-state index is 10.6. The minimum absolute atomic E-state index is 0.351. The maximum atomic E-state index is 10.6. The van der Waals surface area contributed by atoms with Crippen LogP contribution >= 0.6 is 0 Å². The standard InChI is InChI=1S/C12H22O2/c1-10-2-6-12(13,7-3-10)11-4-8-14-9-5-11/h10-11,13H,2-9H2,1H3. The average molecular weight is 198 g/mol. The molecule has 0 radical (unpaired) electrons. The highest BCUT2D eigenvalue weighted by atomic mass is 16.5. The number of hydrogen-bond acceptors (Lipinski definition) is 2. The Kier molecular flexibility index (Phi) is 3.13. The van der Waals surface area contributed by atoms with Gasteiger partial charge in [0.25, 0.3) is 0 Å². The van der Waals surface area contributed by atoms with Gasteiger partial charge in [-0.05, 0) is 50.4 Å². The molecule has 0 aromatic rings. The van der Waals surface area contributed by atoms with E-state index in [1.54, 1.807) is 0 Å². The summed E-state index contributed by atoms with van der Waals surface area (Å²) in [6.07, 6.45) is 6.55. The predicted octanol–water partition coefficient (Wildman–Crippen LogP) is 2.35. The Morgan fingerprint density at radius 3 is 2.21 bits per heavy atom. The fraction of sp³-hybridized carbons (Fsp3) is 1.00. The quantitative estimate of drug-likeness (QED) is 0.701. The molecule has 0 unspecified atom stereocenters. The third-order valence-electron chi connectivity index (χ3n) is 4.12. The number of ether oxygens (including phenoxy) is 1. The van der Waals surface area contributed by atoms with Crippen LogP contribution in [0.2, 0.25) is 0 Å². The molecule has 0 amide bonds. The van der Waals surface area contributed by atoms with Crippen LogP contribution in [0.3, 0.4) is 0 Å². The molecule has 1 N–H and O–H groups in total. The van der Waals surface area contributed by atoms with Gasteiger partial charge in [0.2, 0.25) is 0 Å². The molecule has 1 aliphatic carbocycles. The van der Waals surface area contributed by atoms with Crippen LogP contribution in [0.15, 0.2) is 0 Å². The van der Waals surface area contributed by atoms with Crippen molar-refractivity contribution in [3.8, 4) is 0 Å². The molecular formula is C12H22O2. The van der Waals surface area contributed by atoms with E-state index in [0.29, 0.717) is 5.92 Å². The van der Waals surface area contributed by atoms with Crippen LogP contribution in [0.4, 0.5) is 0 Å². The Hall–Kier alpha value is -0.0800. The van der Waals surface area contributed by atoms with Gasteiger partial charge in [0.05, 0.1) is 5.60 Å². The lowest BCUT2D eigenvalue weighted by molar-refractivity contribution is -0.0921. The Morgan fingerprint density at radius 1 is 1.07 bits per heavy atom. The minimum Gasteiger partial charge on any atom is -0.390 e. The summed E-state index contributed by atoms with van der Waals surface area (Å²) in [5.41, 5.74) is -0.351. The summed E-state index contributed by atoms with van der Waals surface area (Å²) >= 11 is 0. The summed E-state index contributed by atoms with van der Waals surface area (Å²) in [6.45, 7) is 3.99. The van der Waals surface area contributed by atoms with Crippen molar-refractivity contribution in [2.45, 2.75) is 51.0 Å². The normalized spacial score (nSPS) is 41.1. The van der Waals surface area contributed by atoms with Crippen molar-refractivity contribution in [3.05, 3.63) is 0 Å². The molecule has 1 aliphatic heterocycles. The highest BCUT2D eigenvalue weighted by Gasteiger charge is 2.39.